The average molecular weight is 357 g/mol. The predicted molar refractivity (Wildman–Crippen MR) is 104 cm³/mol. The van der Waals surface area contributed by atoms with Gasteiger partial charge in [0.2, 0.25) is 0 Å². The summed E-state index contributed by atoms with van der Waals surface area (Å²) in [5.74, 6) is 2.62. The van der Waals surface area contributed by atoms with Crippen molar-refractivity contribution in [1.29, 1.82) is 0 Å². The Balaban J connectivity index is 1.88. The van der Waals surface area contributed by atoms with Crippen molar-refractivity contribution >= 4 is 5.96 Å². The number of guanidine groups is 1. The molecule has 0 amide bonds. The van der Waals surface area contributed by atoms with Gasteiger partial charge in [0.15, 0.2) is 17.5 Å². The quantitative estimate of drug-likeness (QED) is 0.561. The van der Waals surface area contributed by atoms with Gasteiger partial charge in [0.1, 0.15) is 5.75 Å². The number of aliphatic imine (C=N–C) groups is 1. The highest BCUT2D eigenvalue weighted by Gasteiger charge is 2.04. The second-order valence-corrected chi connectivity index (χ2v) is 6.05. The van der Waals surface area contributed by atoms with Gasteiger partial charge in [-0.3, -0.25) is 0 Å². The topological polar surface area (TPSA) is 78.1 Å². The summed E-state index contributed by atoms with van der Waals surface area (Å²) in [6.45, 7) is 5.07. The van der Waals surface area contributed by atoms with E-state index in [1.807, 2.05) is 56.3 Å². The maximum Gasteiger partial charge on any atom is 0.189 e. The first-order valence-electron chi connectivity index (χ1n) is 8.52. The molecule has 0 bridgehead atoms. The average Bonchev–Trinajstić information content (AvgIpc) is 2.65. The summed E-state index contributed by atoms with van der Waals surface area (Å²) >= 11 is 0. The van der Waals surface area contributed by atoms with E-state index in [0.717, 1.165) is 16.9 Å². The molecule has 2 rings (SSSR count). The van der Waals surface area contributed by atoms with Gasteiger partial charge < -0.3 is 25.3 Å². The van der Waals surface area contributed by atoms with E-state index in [9.17, 15) is 0 Å². The van der Waals surface area contributed by atoms with Gasteiger partial charge in [-0.1, -0.05) is 18.2 Å². The number of nitrogens with two attached hydrogens (primary N) is 1. The minimum absolute atomic E-state index is 0.165. The lowest BCUT2D eigenvalue weighted by molar-refractivity contribution is 0.242. The molecule has 3 N–H and O–H groups in total. The summed E-state index contributed by atoms with van der Waals surface area (Å²) in [4.78, 5) is 4.36. The van der Waals surface area contributed by atoms with Gasteiger partial charge in [-0.15, -0.1) is 0 Å². The van der Waals surface area contributed by atoms with Crippen LogP contribution in [0.3, 0.4) is 0 Å². The molecule has 0 atom stereocenters. The monoisotopic (exact) mass is 357 g/mol. The van der Waals surface area contributed by atoms with Crippen LogP contribution in [-0.2, 0) is 13.1 Å². The molecular formula is C20H27N3O3. The summed E-state index contributed by atoms with van der Waals surface area (Å²) in [7, 11) is 3.22. The van der Waals surface area contributed by atoms with Crippen molar-refractivity contribution in [3.8, 4) is 17.2 Å². The molecule has 0 fully saturated rings. The summed E-state index contributed by atoms with van der Waals surface area (Å²) in [5.41, 5.74) is 8.04. The van der Waals surface area contributed by atoms with Gasteiger partial charge in [0.25, 0.3) is 0 Å². The Bertz CT molecular complexity index is 728. The third-order valence-electron chi connectivity index (χ3n) is 3.65. The molecule has 0 saturated heterocycles. The summed E-state index contributed by atoms with van der Waals surface area (Å²) in [6.07, 6.45) is 0.165. The molecule has 2 aromatic rings. The standard InChI is InChI=1S/C20H27N3O3/c1-14(2)26-17-8-5-15(6-9-17)12-22-20(21)23-13-16-7-10-18(24-3)19(11-16)25-4/h5-11,14H,12-13H2,1-4H3,(H3,21,22,23). The first kappa shape index (κ1) is 19.4. The molecule has 0 aliphatic carbocycles. The fourth-order valence-electron chi connectivity index (χ4n) is 2.36. The van der Waals surface area contributed by atoms with Gasteiger partial charge in [0.05, 0.1) is 26.9 Å². The maximum atomic E-state index is 5.95. The molecule has 0 aliphatic rings. The number of hydrogen-bond donors (Lipinski definition) is 2. The molecule has 6 heteroatoms. The van der Waals surface area contributed by atoms with Crippen LogP contribution in [0.4, 0.5) is 0 Å². The van der Waals surface area contributed by atoms with Gasteiger partial charge in [-0.2, -0.15) is 0 Å². The summed E-state index contributed by atoms with van der Waals surface area (Å²) < 4.78 is 16.1. The zero-order valence-corrected chi connectivity index (χ0v) is 15.8. The predicted octanol–water partition coefficient (Wildman–Crippen LogP) is 3.10. The molecule has 0 spiro atoms. The zero-order chi connectivity index (χ0) is 18.9. The van der Waals surface area contributed by atoms with E-state index in [-0.39, 0.29) is 6.10 Å². The molecule has 26 heavy (non-hydrogen) atoms. The highest BCUT2D eigenvalue weighted by atomic mass is 16.5. The van der Waals surface area contributed by atoms with Crippen molar-refractivity contribution < 1.29 is 14.2 Å². The minimum atomic E-state index is 0.165. The highest BCUT2D eigenvalue weighted by molar-refractivity contribution is 5.77. The van der Waals surface area contributed by atoms with Crippen LogP contribution in [0.1, 0.15) is 25.0 Å². The Morgan fingerprint density at radius 2 is 1.65 bits per heavy atom. The molecule has 0 aliphatic heterocycles. The first-order valence-corrected chi connectivity index (χ1v) is 8.52. The Kier molecular flexibility index (Phi) is 7.14. The fourth-order valence-corrected chi connectivity index (χ4v) is 2.36. The number of hydrogen-bond acceptors (Lipinski definition) is 4. The molecule has 0 unspecified atom stereocenters. The van der Waals surface area contributed by atoms with Crippen LogP contribution in [0.15, 0.2) is 47.5 Å². The highest BCUT2D eigenvalue weighted by Crippen LogP contribution is 2.27. The lowest BCUT2D eigenvalue weighted by Gasteiger charge is -2.11. The Labute approximate surface area is 155 Å². The van der Waals surface area contributed by atoms with Crippen LogP contribution < -0.4 is 25.3 Å². The van der Waals surface area contributed by atoms with Crippen LogP contribution >= 0.6 is 0 Å². The van der Waals surface area contributed by atoms with Crippen molar-refractivity contribution in [1.82, 2.24) is 5.32 Å². The molecule has 0 heterocycles. The Morgan fingerprint density at radius 3 is 2.27 bits per heavy atom. The van der Waals surface area contributed by atoms with E-state index in [1.54, 1.807) is 14.2 Å². The maximum absolute atomic E-state index is 5.95. The van der Waals surface area contributed by atoms with Gasteiger partial charge in [-0.05, 0) is 49.2 Å². The first-order chi connectivity index (χ1) is 12.5. The van der Waals surface area contributed by atoms with Gasteiger partial charge in [0, 0.05) is 6.54 Å². The third kappa shape index (κ3) is 5.88. The summed E-state index contributed by atoms with van der Waals surface area (Å²) in [6, 6.07) is 13.6. The van der Waals surface area contributed by atoms with Crippen LogP contribution in [0.5, 0.6) is 17.2 Å². The number of ether oxygens (including phenoxy) is 3. The van der Waals surface area contributed by atoms with Crippen molar-refractivity contribution in [2.24, 2.45) is 10.7 Å². The molecular weight excluding hydrogens is 330 g/mol. The number of methoxy groups -OCH3 is 2. The van der Waals surface area contributed by atoms with E-state index < -0.39 is 0 Å². The normalized spacial score (nSPS) is 11.3. The summed E-state index contributed by atoms with van der Waals surface area (Å²) in [5, 5.41) is 3.11. The molecule has 0 radical (unpaired) electrons. The zero-order valence-electron chi connectivity index (χ0n) is 15.8. The minimum Gasteiger partial charge on any atom is -0.493 e. The lowest BCUT2D eigenvalue weighted by atomic mass is 10.2. The van der Waals surface area contributed by atoms with E-state index >= 15 is 0 Å². The number of nitrogens with zero attached hydrogens (tertiary/aromatic N) is 1. The molecule has 0 saturated carbocycles. The van der Waals surface area contributed by atoms with Crippen LogP contribution in [-0.4, -0.2) is 26.3 Å². The van der Waals surface area contributed by atoms with Crippen LogP contribution in [0.2, 0.25) is 0 Å². The van der Waals surface area contributed by atoms with Crippen molar-refractivity contribution in [2.45, 2.75) is 33.0 Å². The molecule has 140 valence electrons. The fraction of sp³-hybridized carbons (Fsp3) is 0.350. The number of benzene rings is 2. The van der Waals surface area contributed by atoms with E-state index in [4.69, 9.17) is 19.9 Å². The van der Waals surface area contributed by atoms with Gasteiger partial charge >= 0.3 is 0 Å². The SMILES string of the molecule is COc1ccc(CN=C(N)NCc2ccc(OC(C)C)cc2)cc1OC. The van der Waals surface area contributed by atoms with Gasteiger partial charge in [-0.25, -0.2) is 4.99 Å². The molecule has 6 nitrogen and oxygen atoms in total. The molecule has 0 aromatic heterocycles. The van der Waals surface area contributed by atoms with E-state index in [1.165, 1.54) is 0 Å². The van der Waals surface area contributed by atoms with E-state index in [2.05, 4.69) is 10.3 Å². The van der Waals surface area contributed by atoms with Crippen LogP contribution in [0, 0.1) is 0 Å². The second-order valence-electron chi connectivity index (χ2n) is 6.05. The lowest BCUT2D eigenvalue weighted by Crippen LogP contribution is -2.31. The van der Waals surface area contributed by atoms with Crippen molar-refractivity contribution in [3.63, 3.8) is 0 Å². The third-order valence-corrected chi connectivity index (χ3v) is 3.65. The van der Waals surface area contributed by atoms with Crippen molar-refractivity contribution in [3.05, 3.63) is 53.6 Å². The largest absolute Gasteiger partial charge is 0.493 e. The smallest absolute Gasteiger partial charge is 0.189 e. The molecule has 2 aromatic carbocycles. The Hall–Kier alpha value is -2.89. The Morgan fingerprint density at radius 1 is 1.00 bits per heavy atom. The number of nitrogens with one attached hydrogen (secondary N) is 1. The van der Waals surface area contributed by atoms with Crippen LogP contribution in [0.25, 0.3) is 0 Å². The van der Waals surface area contributed by atoms with Crippen molar-refractivity contribution in [2.75, 3.05) is 14.2 Å². The second kappa shape index (κ2) is 9.56. The van der Waals surface area contributed by atoms with E-state index in [0.29, 0.717) is 30.5 Å². The number of rotatable bonds is 8.